The van der Waals surface area contributed by atoms with E-state index >= 15 is 0 Å². The maximum atomic E-state index is 4.39. The highest BCUT2D eigenvalue weighted by Gasteiger charge is 2.18. The van der Waals surface area contributed by atoms with Crippen molar-refractivity contribution in [3.05, 3.63) is 28.2 Å². The lowest BCUT2D eigenvalue weighted by atomic mass is 10.1. The fourth-order valence-corrected chi connectivity index (χ4v) is 3.06. The quantitative estimate of drug-likeness (QED) is 0.845. The van der Waals surface area contributed by atoms with Crippen molar-refractivity contribution in [3.8, 4) is 0 Å². The fourth-order valence-electron chi connectivity index (χ4n) is 2.18. The van der Waals surface area contributed by atoms with E-state index in [1.165, 1.54) is 4.88 Å². The van der Waals surface area contributed by atoms with Gasteiger partial charge in [-0.25, -0.2) is 9.97 Å². The van der Waals surface area contributed by atoms with Gasteiger partial charge in [-0.3, -0.25) is 4.68 Å². The van der Waals surface area contributed by atoms with E-state index in [1.54, 1.807) is 17.7 Å². The molecule has 0 aliphatic carbocycles. The van der Waals surface area contributed by atoms with Gasteiger partial charge in [0.1, 0.15) is 12.2 Å². The molecule has 1 unspecified atom stereocenters. The van der Waals surface area contributed by atoms with Crippen molar-refractivity contribution in [2.45, 2.75) is 46.2 Å². The molecule has 0 amide bonds. The average Bonchev–Trinajstić information content (AvgIpc) is 2.99. The number of hydrogen-bond acceptors (Lipinski definition) is 5. The van der Waals surface area contributed by atoms with Crippen LogP contribution in [-0.4, -0.2) is 26.3 Å². The topological polar surface area (TPSA) is 55.6 Å². The second-order valence-corrected chi connectivity index (χ2v) is 5.40. The van der Waals surface area contributed by atoms with E-state index in [0.717, 1.165) is 37.4 Å². The van der Waals surface area contributed by atoms with Gasteiger partial charge in [0.2, 0.25) is 0 Å². The van der Waals surface area contributed by atoms with Crippen LogP contribution in [0.1, 0.15) is 42.7 Å². The lowest BCUT2D eigenvalue weighted by Crippen LogP contribution is -2.24. The van der Waals surface area contributed by atoms with Crippen LogP contribution in [0.15, 0.2) is 11.8 Å². The van der Waals surface area contributed by atoms with Crippen molar-refractivity contribution < 1.29 is 0 Å². The Morgan fingerprint density at radius 1 is 1.37 bits per heavy atom. The molecule has 0 aliphatic rings. The molecule has 2 aromatic rings. The van der Waals surface area contributed by atoms with Crippen LogP contribution >= 0.6 is 11.3 Å². The molecule has 6 heteroatoms. The SMILES string of the molecule is CCCn1ncnc1CC(NCC)c1scnc1C. The average molecular weight is 279 g/mol. The summed E-state index contributed by atoms with van der Waals surface area (Å²) in [6, 6.07) is 0.275. The van der Waals surface area contributed by atoms with E-state index in [-0.39, 0.29) is 6.04 Å². The van der Waals surface area contributed by atoms with Gasteiger partial charge >= 0.3 is 0 Å². The third-order valence-electron chi connectivity index (χ3n) is 3.07. The monoisotopic (exact) mass is 279 g/mol. The van der Waals surface area contributed by atoms with Crippen LogP contribution in [-0.2, 0) is 13.0 Å². The summed E-state index contributed by atoms with van der Waals surface area (Å²) in [4.78, 5) is 10.0. The van der Waals surface area contributed by atoms with Gasteiger partial charge in [0, 0.05) is 17.8 Å². The highest BCUT2D eigenvalue weighted by Crippen LogP contribution is 2.24. The third kappa shape index (κ3) is 3.39. The lowest BCUT2D eigenvalue weighted by molar-refractivity contribution is 0.502. The smallest absolute Gasteiger partial charge is 0.138 e. The maximum Gasteiger partial charge on any atom is 0.138 e. The van der Waals surface area contributed by atoms with Gasteiger partial charge in [-0.15, -0.1) is 11.3 Å². The van der Waals surface area contributed by atoms with Crippen LogP contribution in [0.5, 0.6) is 0 Å². The number of aromatic nitrogens is 4. The molecule has 0 aliphatic heterocycles. The van der Waals surface area contributed by atoms with Crippen LogP contribution in [0.4, 0.5) is 0 Å². The van der Waals surface area contributed by atoms with Crippen molar-refractivity contribution in [2.24, 2.45) is 0 Å². The molecule has 0 saturated carbocycles. The number of rotatable bonds is 7. The van der Waals surface area contributed by atoms with Gasteiger partial charge in [0.15, 0.2) is 0 Å². The Morgan fingerprint density at radius 3 is 2.84 bits per heavy atom. The second-order valence-electron chi connectivity index (χ2n) is 4.52. The van der Waals surface area contributed by atoms with Crippen molar-refractivity contribution in [2.75, 3.05) is 6.54 Å². The maximum absolute atomic E-state index is 4.39. The van der Waals surface area contributed by atoms with Gasteiger partial charge in [-0.05, 0) is 19.9 Å². The molecule has 2 rings (SSSR count). The molecule has 0 spiro atoms. The van der Waals surface area contributed by atoms with Gasteiger partial charge in [0.25, 0.3) is 0 Å². The number of hydrogen-bond donors (Lipinski definition) is 1. The minimum atomic E-state index is 0.275. The third-order valence-corrected chi connectivity index (χ3v) is 4.11. The first kappa shape index (κ1) is 14.1. The zero-order chi connectivity index (χ0) is 13.7. The first-order valence-corrected chi connectivity index (χ1v) is 7.64. The molecular formula is C13H21N5S. The van der Waals surface area contributed by atoms with Crippen molar-refractivity contribution in [1.29, 1.82) is 0 Å². The molecule has 0 fully saturated rings. The zero-order valence-electron chi connectivity index (χ0n) is 11.8. The molecule has 2 heterocycles. The summed E-state index contributed by atoms with van der Waals surface area (Å²) in [6.07, 6.45) is 3.58. The Balaban J connectivity index is 2.17. The van der Waals surface area contributed by atoms with Crippen molar-refractivity contribution >= 4 is 11.3 Å². The van der Waals surface area contributed by atoms with E-state index in [2.05, 4.69) is 41.2 Å². The fraction of sp³-hybridized carbons (Fsp3) is 0.615. The van der Waals surface area contributed by atoms with Gasteiger partial charge in [-0.1, -0.05) is 13.8 Å². The van der Waals surface area contributed by atoms with Crippen LogP contribution in [0.2, 0.25) is 0 Å². The van der Waals surface area contributed by atoms with Crippen molar-refractivity contribution in [3.63, 3.8) is 0 Å². The predicted molar refractivity (Wildman–Crippen MR) is 77.3 cm³/mol. The number of likely N-dealkylation sites (N-methyl/N-ethyl adjacent to an activating group) is 1. The number of nitrogens with zero attached hydrogens (tertiary/aromatic N) is 4. The minimum Gasteiger partial charge on any atom is -0.309 e. The molecule has 1 N–H and O–H groups in total. The number of thiazole rings is 1. The lowest BCUT2D eigenvalue weighted by Gasteiger charge is -2.17. The molecule has 2 aromatic heterocycles. The van der Waals surface area contributed by atoms with E-state index < -0.39 is 0 Å². The summed E-state index contributed by atoms with van der Waals surface area (Å²) in [5.41, 5.74) is 3.02. The summed E-state index contributed by atoms with van der Waals surface area (Å²) in [5, 5.41) is 7.81. The molecular weight excluding hydrogens is 258 g/mol. The Labute approximate surface area is 118 Å². The summed E-state index contributed by atoms with van der Waals surface area (Å²) < 4.78 is 2.00. The van der Waals surface area contributed by atoms with Gasteiger partial charge < -0.3 is 5.32 Å². The summed E-state index contributed by atoms with van der Waals surface area (Å²) in [5.74, 6) is 1.04. The highest BCUT2D eigenvalue weighted by molar-refractivity contribution is 7.09. The molecule has 1 atom stereocenters. The molecule has 0 saturated heterocycles. The van der Waals surface area contributed by atoms with Crippen LogP contribution < -0.4 is 5.32 Å². The molecule has 104 valence electrons. The van der Waals surface area contributed by atoms with E-state index in [0.29, 0.717) is 0 Å². The first-order chi connectivity index (χ1) is 9.26. The summed E-state index contributed by atoms with van der Waals surface area (Å²) in [6.45, 7) is 8.20. The number of nitrogens with one attached hydrogen (secondary N) is 1. The van der Waals surface area contributed by atoms with Gasteiger partial charge in [0.05, 0.1) is 17.2 Å². The zero-order valence-corrected chi connectivity index (χ0v) is 12.6. The summed E-state index contributed by atoms with van der Waals surface area (Å²) >= 11 is 1.71. The van der Waals surface area contributed by atoms with E-state index in [1.807, 2.05) is 10.2 Å². The minimum absolute atomic E-state index is 0.275. The Hall–Kier alpha value is -1.27. The normalized spacial score (nSPS) is 12.8. The Morgan fingerprint density at radius 2 is 2.21 bits per heavy atom. The largest absolute Gasteiger partial charge is 0.309 e. The number of aryl methyl sites for hydroxylation is 2. The predicted octanol–water partition coefficient (Wildman–Crippen LogP) is 2.35. The van der Waals surface area contributed by atoms with Crippen molar-refractivity contribution in [1.82, 2.24) is 25.1 Å². The molecule has 5 nitrogen and oxygen atoms in total. The standard InChI is InChI=1S/C13H21N5S/c1-4-6-18-12(15-8-17-18)7-11(14-5-2)13-10(3)16-9-19-13/h8-9,11,14H,4-7H2,1-3H3. The first-order valence-electron chi connectivity index (χ1n) is 6.76. The van der Waals surface area contributed by atoms with Crippen LogP contribution in [0, 0.1) is 6.92 Å². The van der Waals surface area contributed by atoms with Crippen LogP contribution in [0.25, 0.3) is 0 Å². The highest BCUT2D eigenvalue weighted by atomic mass is 32.1. The van der Waals surface area contributed by atoms with Gasteiger partial charge in [-0.2, -0.15) is 5.10 Å². The molecule has 0 radical (unpaired) electrons. The summed E-state index contributed by atoms with van der Waals surface area (Å²) in [7, 11) is 0. The molecule has 0 aromatic carbocycles. The second kappa shape index (κ2) is 6.77. The molecule has 19 heavy (non-hydrogen) atoms. The van der Waals surface area contributed by atoms with E-state index in [9.17, 15) is 0 Å². The Bertz CT molecular complexity index is 505. The Kier molecular flexibility index (Phi) is 5.04. The van der Waals surface area contributed by atoms with Crippen LogP contribution in [0.3, 0.4) is 0 Å². The molecule has 0 bridgehead atoms. The van der Waals surface area contributed by atoms with E-state index in [4.69, 9.17) is 0 Å².